The summed E-state index contributed by atoms with van der Waals surface area (Å²) in [5.74, 6) is 1.25. The number of likely N-dealkylation sites (tertiary alicyclic amines) is 1. The van der Waals surface area contributed by atoms with Crippen LogP contribution < -0.4 is 14.2 Å². The Bertz CT molecular complexity index is 762. The summed E-state index contributed by atoms with van der Waals surface area (Å²) >= 11 is 0. The Hall–Kier alpha value is -2.83. The molecule has 1 aromatic heterocycles. The predicted octanol–water partition coefficient (Wildman–Crippen LogP) is 2.07. The molecule has 0 bridgehead atoms. The standard InChI is InChI=1S/C19H21N3O4/c1-13-17(26-16-6-3-2-5-15(16)24-13)18(23)22-11-7-14(8-12-22)25-19-20-9-4-10-21-19/h2-6,9-10,13-14,17H,7-8,11-12H2,1H3/t13-,17-/m1/s1. The second-order valence-electron chi connectivity index (χ2n) is 6.48. The van der Waals surface area contributed by atoms with Crippen LogP contribution >= 0.6 is 0 Å². The minimum atomic E-state index is -0.625. The molecule has 3 heterocycles. The van der Waals surface area contributed by atoms with Crippen LogP contribution in [-0.4, -0.2) is 52.2 Å². The molecule has 1 amide bonds. The average Bonchev–Trinajstić information content (AvgIpc) is 2.68. The molecule has 2 aromatic rings. The van der Waals surface area contributed by atoms with Crippen molar-refractivity contribution in [2.45, 2.75) is 38.1 Å². The lowest BCUT2D eigenvalue weighted by Crippen LogP contribution is -2.53. The Morgan fingerprint density at radius 1 is 1.08 bits per heavy atom. The number of benzene rings is 1. The summed E-state index contributed by atoms with van der Waals surface area (Å²) in [6.45, 7) is 3.09. The molecule has 0 saturated carbocycles. The lowest BCUT2D eigenvalue weighted by Gasteiger charge is -2.37. The zero-order valence-corrected chi connectivity index (χ0v) is 14.6. The highest BCUT2D eigenvalue weighted by Gasteiger charge is 2.38. The topological polar surface area (TPSA) is 73.8 Å². The van der Waals surface area contributed by atoms with Crippen LogP contribution in [0.5, 0.6) is 17.5 Å². The van der Waals surface area contributed by atoms with Crippen molar-refractivity contribution < 1.29 is 19.0 Å². The largest absolute Gasteiger partial charge is 0.482 e. The normalized spacial score (nSPS) is 22.7. The van der Waals surface area contributed by atoms with E-state index in [0.717, 1.165) is 12.8 Å². The number of para-hydroxylation sites is 2. The predicted molar refractivity (Wildman–Crippen MR) is 93.2 cm³/mol. The Morgan fingerprint density at radius 2 is 1.73 bits per heavy atom. The van der Waals surface area contributed by atoms with E-state index >= 15 is 0 Å². The maximum Gasteiger partial charge on any atom is 0.316 e. The van der Waals surface area contributed by atoms with Crippen LogP contribution in [0.4, 0.5) is 0 Å². The Labute approximate surface area is 151 Å². The molecular formula is C19H21N3O4. The monoisotopic (exact) mass is 355 g/mol. The van der Waals surface area contributed by atoms with Crippen molar-refractivity contribution in [3.05, 3.63) is 42.7 Å². The lowest BCUT2D eigenvalue weighted by molar-refractivity contribution is -0.146. The van der Waals surface area contributed by atoms with Crippen LogP contribution in [0.2, 0.25) is 0 Å². The zero-order valence-electron chi connectivity index (χ0n) is 14.6. The first kappa shape index (κ1) is 16.6. The summed E-state index contributed by atoms with van der Waals surface area (Å²) in [4.78, 5) is 22.9. The number of hydrogen-bond acceptors (Lipinski definition) is 6. The van der Waals surface area contributed by atoms with Crippen LogP contribution in [0.15, 0.2) is 42.7 Å². The van der Waals surface area contributed by atoms with Gasteiger partial charge in [-0.15, -0.1) is 0 Å². The van der Waals surface area contributed by atoms with Gasteiger partial charge in [0.15, 0.2) is 11.5 Å². The van der Waals surface area contributed by atoms with Crippen molar-refractivity contribution in [3.8, 4) is 17.5 Å². The number of carbonyl (C=O) groups is 1. The molecule has 7 heteroatoms. The third-order valence-corrected chi connectivity index (χ3v) is 4.65. The SMILES string of the molecule is C[C@H]1Oc2ccccc2O[C@H]1C(=O)N1CCC(Oc2ncccn2)CC1. The van der Waals surface area contributed by atoms with Gasteiger partial charge in [0.25, 0.3) is 5.91 Å². The van der Waals surface area contributed by atoms with E-state index in [-0.39, 0.29) is 18.1 Å². The molecule has 0 N–H and O–H groups in total. The van der Waals surface area contributed by atoms with Gasteiger partial charge in [-0.25, -0.2) is 9.97 Å². The number of aromatic nitrogens is 2. The summed E-state index contributed by atoms with van der Waals surface area (Å²) in [6, 6.07) is 9.56. The summed E-state index contributed by atoms with van der Waals surface area (Å²) in [5.41, 5.74) is 0. The molecule has 136 valence electrons. The van der Waals surface area contributed by atoms with E-state index in [2.05, 4.69) is 9.97 Å². The van der Waals surface area contributed by atoms with Gasteiger partial charge in [-0.05, 0) is 25.1 Å². The van der Waals surface area contributed by atoms with Gasteiger partial charge in [0.1, 0.15) is 12.2 Å². The first-order valence-corrected chi connectivity index (χ1v) is 8.85. The van der Waals surface area contributed by atoms with Crippen molar-refractivity contribution >= 4 is 5.91 Å². The van der Waals surface area contributed by atoms with Gasteiger partial charge in [0, 0.05) is 38.3 Å². The molecule has 2 aliphatic heterocycles. The third kappa shape index (κ3) is 3.42. The molecular weight excluding hydrogens is 334 g/mol. The van der Waals surface area contributed by atoms with Gasteiger partial charge in [0.2, 0.25) is 6.10 Å². The number of piperidine rings is 1. The fraction of sp³-hybridized carbons (Fsp3) is 0.421. The molecule has 7 nitrogen and oxygen atoms in total. The molecule has 0 spiro atoms. The quantitative estimate of drug-likeness (QED) is 0.839. The maximum atomic E-state index is 12.9. The van der Waals surface area contributed by atoms with Crippen LogP contribution in [0.1, 0.15) is 19.8 Å². The van der Waals surface area contributed by atoms with Crippen LogP contribution in [-0.2, 0) is 4.79 Å². The number of rotatable bonds is 3. The van der Waals surface area contributed by atoms with Crippen molar-refractivity contribution in [2.24, 2.45) is 0 Å². The van der Waals surface area contributed by atoms with E-state index in [1.54, 1.807) is 18.5 Å². The van der Waals surface area contributed by atoms with Crippen LogP contribution in [0.25, 0.3) is 0 Å². The molecule has 1 fully saturated rings. The average molecular weight is 355 g/mol. The summed E-state index contributed by atoms with van der Waals surface area (Å²) in [6.07, 6.45) is 3.85. The summed E-state index contributed by atoms with van der Waals surface area (Å²) < 4.78 is 17.5. The minimum absolute atomic E-state index is 0.0168. The minimum Gasteiger partial charge on any atom is -0.482 e. The molecule has 2 aliphatic rings. The van der Waals surface area contributed by atoms with Crippen LogP contribution in [0.3, 0.4) is 0 Å². The fourth-order valence-corrected chi connectivity index (χ4v) is 3.26. The number of nitrogens with zero attached hydrogens (tertiary/aromatic N) is 3. The Morgan fingerprint density at radius 3 is 2.42 bits per heavy atom. The van der Waals surface area contributed by atoms with E-state index in [4.69, 9.17) is 14.2 Å². The Kier molecular flexibility index (Phi) is 4.60. The molecule has 1 aromatic carbocycles. The highest BCUT2D eigenvalue weighted by atomic mass is 16.6. The van der Waals surface area contributed by atoms with E-state index in [1.807, 2.05) is 36.1 Å². The number of fused-ring (bicyclic) bond motifs is 1. The van der Waals surface area contributed by atoms with E-state index in [9.17, 15) is 4.79 Å². The Balaban J connectivity index is 1.35. The van der Waals surface area contributed by atoms with E-state index < -0.39 is 6.10 Å². The highest BCUT2D eigenvalue weighted by Crippen LogP contribution is 2.34. The van der Waals surface area contributed by atoms with Gasteiger partial charge in [-0.2, -0.15) is 0 Å². The van der Waals surface area contributed by atoms with E-state index in [1.165, 1.54) is 0 Å². The lowest BCUT2D eigenvalue weighted by atomic mass is 10.1. The first-order chi connectivity index (χ1) is 12.7. The van der Waals surface area contributed by atoms with Crippen LogP contribution in [0, 0.1) is 0 Å². The number of amides is 1. The van der Waals surface area contributed by atoms with Crippen molar-refractivity contribution in [2.75, 3.05) is 13.1 Å². The third-order valence-electron chi connectivity index (χ3n) is 4.65. The first-order valence-electron chi connectivity index (χ1n) is 8.85. The molecule has 26 heavy (non-hydrogen) atoms. The molecule has 4 rings (SSSR count). The molecule has 0 aliphatic carbocycles. The van der Waals surface area contributed by atoms with Gasteiger partial charge in [-0.1, -0.05) is 12.1 Å². The highest BCUT2D eigenvalue weighted by molar-refractivity contribution is 5.82. The second kappa shape index (κ2) is 7.19. The second-order valence-corrected chi connectivity index (χ2v) is 6.48. The van der Waals surface area contributed by atoms with Gasteiger partial charge in [0.05, 0.1) is 0 Å². The molecule has 0 unspecified atom stereocenters. The zero-order chi connectivity index (χ0) is 17.9. The van der Waals surface area contributed by atoms with Crippen molar-refractivity contribution in [3.63, 3.8) is 0 Å². The number of hydrogen-bond donors (Lipinski definition) is 0. The van der Waals surface area contributed by atoms with E-state index in [0.29, 0.717) is 30.6 Å². The van der Waals surface area contributed by atoms with Gasteiger partial charge >= 0.3 is 6.01 Å². The molecule has 1 saturated heterocycles. The van der Waals surface area contributed by atoms with Crippen molar-refractivity contribution in [1.82, 2.24) is 14.9 Å². The summed E-state index contributed by atoms with van der Waals surface area (Å²) in [5, 5.41) is 0. The van der Waals surface area contributed by atoms with Gasteiger partial charge in [-0.3, -0.25) is 4.79 Å². The molecule has 2 atom stereocenters. The smallest absolute Gasteiger partial charge is 0.316 e. The number of ether oxygens (including phenoxy) is 3. The van der Waals surface area contributed by atoms with Gasteiger partial charge < -0.3 is 19.1 Å². The molecule has 0 radical (unpaired) electrons. The number of carbonyl (C=O) groups excluding carboxylic acids is 1. The fourth-order valence-electron chi connectivity index (χ4n) is 3.26. The summed E-state index contributed by atoms with van der Waals surface area (Å²) in [7, 11) is 0. The van der Waals surface area contributed by atoms with Crippen molar-refractivity contribution in [1.29, 1.82) is 0 Å². The maximum absolute atomic E-state index is 12.9.